The van der Waals surface area contributed by atoms with Crippen LogP contribution in [0.1, 0.15) is 11.1 Å². The number of rotatable bonds is 6. The quantitative estimate of drug-likeness (QED) is 0.801. The molecule has 0 fully saturated rings. The lowest BCUT2D eigenvalue weighted by Crippen LogP contribution is -2.24. The van der Waals surface area contributed by atoms with Gasteiger partial charge in [-0.15, -0.1) is 0 Å². The second-order valence-corrected chi connectivity index (χ2v) is 6.17. The number of amides is 1. The van der Waals surface area contributed by atoms with Gasteiger partial charge in [0.25, 0.3) is 0 Å². The number of halogens is 2. The van der Waals surface area contributed by atoms with E-state index in [1.54, 1.807) is 32.4 Å². The second-order valence-electron chi connectivity index (χ2n) is 4.88. The Hall–Kier alpha value is -1.72. The summed E-state index contributed by atoms with van der Waals surface area (Å²) in [5.74, 6) is 1.12. The average Bonchev–Trinajstić information content (AvgIpc) is 2.54. The van der Waals surface area contributed by atoms with Crippen molar-refractivity contribution >= 4 is 33.4 Å². The van der Waals surface area contributed by atoms with Crippen LogP contribution in [0.5, 0.6) is 11.5 Å². The molecule has 0 spiro atoms. The third kappa shape index (κ3) is 4.88. The normalized spacial score (nSPS) is 10.3. The molecule has 23 heavy (non-hydrogen) atoms. The van der Waals surface area contributed by atoms with E-state index in [2.05, 4.69) is 21.2 Å². The number of ether oxygens (including phenoxy) is 2. The molecule has 0 radical (unpaired) electrons. The highest BCUT2D eigenvalue weighted by molar-refractivity contribution is 9.10. The van der Waals surface area contributed by atoms with Crippen molar-refractivity contribution in [3.05, 3.63) is 57.0 Å². The molecule has 0 atom stereocenters. The van der Waals surface area contributed by atoms with E-state index in [9.17, 15) is 4.79 Å². The van der Waals surface area contributed by atoms with Gasteiger partial charge in [-0.2, -0.15) is 0 Å². The minimum absolute atomic E-state index is 0.0853. The molecule has 2 rings (SSSR count). The molecule has 0 saturated heterocycles. The van der Waals surface area contributed by atoms with Crippen molar-refractivity contribution in [1.29, 1.82) is 0 Å². The molecule has 4 nitrogen and oxygen atoms in total. The van der Waals surface area contributed by atoms with Crippen LogP contribution in [0.4, 0.5) is 0 Å². The molecule has 0 unspecified atom stereocenters. The Kier molecular flexibility index (Phi) is 6.30. The molecular weight excluding hydrogens is 382 g/mol. The molecule has 0 bridgehead atoms. The predicted molar refractivity (Wildman–Crippen MR) is 94.2 cm³/mol. The summed E-state index contributed by atoms with van der Waals surface area (Å²) in [6.45, 7) is 0.435. The van der Waals surface area contributed by atoms with Gasteiger partial charge in [0.2, 0.25) is 5.91 Å². The second kappa shape index (κ2) is 8.22. The Morgan fingerprint density at radius 1 is 1.17 bits per heavy atom. The van der Waals surface area contributed by atoms with E-state index in [-0.39, 0.29) is 12.3 Å². The van der Waals surface area contributed by atoms with Gasteiger partial charge in [0.05, 0.1) is 20.6 Å². The third-order valence-corrected chi connectivity index (χ3v) is 4.26. The largest absolute Gasteiger partial charge is 0.493 e. The molecule has 0 aliphatic carbocycles. The summed E-state index contributed by atoms with van der Waals surface area (Å²) in [5, 5.41) is 3.53. The molecule has 0 heterocycles. The monoisotopic (exact) mass is 397 g/mol. The lowest BCUT2D eigenvalue weighted by atomic mass is 10.1. The summed E-state index contributed by atoms with van der Waals surface area (Å²) >= 11 is 9.38. The number of hydrogen-bond donors (Lipinski definition) is 1. The third-order valence-electron chi connectivity index (χ3n) is 3.28. The highest BCUT2D eigenvalue weighted by Gasteiger charge is 2.12. The fourth-order valence-electron chi connectivity index (χ4n) is 2.11. The standard InChI is InChI=1S/C17H17BrClNO3/c1-22-15-7-12(14(18)9-16(15)23-2)8-17(21)20-10-11-4-3-5-13(19)6-11/h3-7,9H,8,10H2,1-2H3,(H,20,21). The zero-order chi connectivity index (χ0) is 16.8. The topological polar surface area (TPSA) is 47.6 Å². The van der Waals surface area contributed by atoms with Crippen LogP contribution in [-0.2, 0) is 17.8 Å². The molecule has 122 valence electrons. The van der Waals surface area contributed by atoms with Gasteiger partial charge >= 0.3 is 0 Å². The number of nitrogens with one attached hydrogen (secondary N) is 1. The lowest BCUT2D eigenvalue weighted by Gasteiger charge is -2.12. The molecule has 0 aliphatic rings. The van der Waals surface area contributed by atoms with Gasteiger partial charge in [0.1, 0.15) is 0 Å². The van der Waals surface area contributed by atoms with Gasteiger partial charge in [-0.25, -0.2) is 0 Å². The molecule has 2 aromatic rings. The Bertz CT molecular complexity index is 706. The number of benzene rings is 2. The van der Waals surface area contributed by atoms with Gasteiger partial charge in [0.15, 0.2) is 11.5 Å². The molecule has 0 saturated carbocycles. The molecule has 6 heteroatoms. The Morgan fingerprint density at radius 3 is 2.52 bits per heavy atom. The zero-order valence-electron chi connectivity index (χ0n) is 12.9. The van der Waals surface area contributed by atoms with Crippen molar-refractivity contribution < 1.29 is 14.3 Å². The number of carbonyl (C=O) groups excluding carboxylic acids is 1. The maximum atomic E-state index is 12.1. The van der Waals surface area contributed by atoms with E-state index in [0.29, 0.717) is 23.1 Å². The molecule has 1 amide bonds. The van der Waals surface area contributed by atoms with Crippen LogP contribution in [0.3, 0.4) is 0 Å². The number of hydrogen-bond acceptors (Lipinski definition) is 3. The minimum Gasteiger partial charge on any atom is -0.493 e. The average molecular weight is 399 g/mol. The van der Waals surface area contributed by atoms with Crippen molar-refractivity contribution in [2.24, 2.45) is 0 Å². The first-order chi connectivity index (χ1) is 11.0. The van der Waals surface area contributed by atoms with Gasteiger partial charge in [-0.3, -0.25) is 4.79 Å². The van der Waals surface area contributed by atoms with E-state index in [1.807, 2.05) is 18.2 Å². The summed E-state index contributed by atoms with van der Waals surface area (Å²) in [6.07, 6.45) is 0.238. The fourth-order valence-corrected chi connectivity index (χ4v) is 2.79. The Balaban J connectivity index is 2.02. The first-order valence-corrected chi connectivity index (χ1v) is 8.12. The predicted octanol–water partition coefficient (Wildman–Crippen LogP) is 3.98. The van der Waals surface area contributed by atoms with Crippen LogP contribution in [0, 0.1) is 0 Å². The minimum atomic E-state index is -0.0853. The summed E-state index contributed by atoms with van der Waals surface area (Å²) in [5.41, 5.74) is 1.78. The smallest absolute Gasteiger partial charge is 0.224 e. The molecule has 0 aliphatic heterocycles. The Labute approximate surface area is 148 Å². The van der Waals surface area contributed by atoms with Gasteiger partial charge in [-0.1, -0.05) is 39.7 Å². The van der Waals surface area contributed by atoms with Crippen molar-refractivity contribution in [3.8, 4) is 11.5 Å². The van der Waals surface area contributed by atoms with Gasteiger partial charge in [0, 0.05) is 16.0 Å². The SMILES string of the molecule is COc1cc(Br)c(CC(=O)NCc2cccc(Cl)c2)cc1OC. The van der Waals surface area contributed by atoms with Crippen LogP contribution in [0.15, 0.2) is 40.9 Å². The summed E-state index contributed by atoms with van der Waals surface area (Å²) in [4.78, 5) is 12.1. The van der Waals surface area contributed by atoms with E-state index >= 15 is 0 Å². The molecule has 0 aromatic heterocycles. The summed E-state index contributed by atoms with van der Waals surface area (Å²) < 4.78 is 11.3. The fraction of sp³-hybridized carbons (Fsp3) is 0.235. The van der Waals surface area contributed by atoms with Crippen LogP contribution < -0.4 is 14.8 Å². The van der Waals surface area contributed by atoms with Crippen LogP contribution in [0.25, 0.3) is 0 Å². The maximum absolute atomic E-state index is 12.1. The van der Waals surface area contributed by atoms with Crippen molar-refractivity contribution in [1.82, 2.24) is 5.32 Å². The van der Waals surface area contributed by atoms with Crippen LogP contribution in [-0.4, -0.2) is 20.1 Å². The number of carbonyl (C=O) groups is 1. The maximum Gasteiger partial charge on any atom is 0.224 e. The van der Waals surface area contributed by atoms with E-state index < -0.39 is 0 Å². The summed E-state index contributed by atoms with van der Waals surface area (Å²) in [6, 6.07) is 11.0. The number of methoxy groups -OCH3 is 2. The first kappa shape index (κ1) is 17.6. The van der Waals surface area contributed by atoms with Crippen molar-refractivity contribution in [3.63, 3.8) is 0 Å². The Morgan fingerprint density at radius 2 is 1.87 bits per heavy atom. The van der Waals surface area contributed by atoms with Gasteiger partial charge in [-0.05, 0) is 35.4 Å². The summed E-state index contributed by atoms with van der Waals surface area (Å²) in [7, 11) is 3.14. The van der Waals surface area contributed by atoms with E-state index in [0.717, 1.165) is 15.6 Å². The highest BCUT2D eigenvalue weighted by atomic mass is 79.9. The van der Waals surface area contributed by atoms with E-state index in [4.69, 9.17) is 21.1 Å². The lowest BCUT2D eigenvalue weighted by molar-refractivity contribution is -0.120. The van der Waals surface area contributed by atoms with Crippen LogP contribution >= 0.6 is 27.5 Å². The first-order valence-electron chi connectivity index (χ1n) is 6.95. The molecular formula is C17H17BrClNO3. The highest BCUT2D eigenvalue weighted by Crippen LogP contribution is 2.33. The van der Waals surface area contributed by atoms with Crippen molar-refractivity contribution in [2.45, 2.75) is 13.0 Å². The molecule has 2 aromatic carbocycles. The van der Waals surface area contributed by atoms with Crippen LogP contribution in [0.2, 0.25) is 5.02 Å². The molecule has 1 N–H and O–H groups in total. The van der Waals surface area contributed by atoms with Crippen molar-refractivity contribution in [2.75, 3.05) is 14.2 Å². The van der Waals surface area contributed by atoms with E-state index in [1.165, 1.54) is 0 Å². The van der Waals surface area contributed by atoms with Gasteiger partial charge < -0.3 is 14.8 Å². The zero-order valence-corrected chi connectivity index (χ0v) is 15.2.